The van der Waals surface area contributed by atoms with Crippen LogP contribution < -0.4 is 5.32 Å². The van der Waals surface area contributed by atoms with Crippen molar-refractivity contribution in [1.82, 2.24) is 20.3 Å². The number of nitrogens with zero attached hydrogens (tertiary/aromatic N) is 3. The average molecular weight is 972 g/mol. The maximum atomic E-state index is 11.5. The number of hydrogen-bond donors (Lipinski definition) is 6. The number of rotatable bonds is 47. The molecule has 6 N–H and O–H groups in total. The third-order valence-corrected chi connectivity index (χ3v) is 14.7. The first kappa shape index (κ1) is 61.3. The van der Waals surface area contributed by atoms with E-state index in [1.54, 1.807) is 10.9 Å². The van der Waals surface area contributed by atoms with Crippen LogP contribution in [0.3, 0.4) is 0 Å². The molecule has 2 aromatic rings. The highest BCUT2D eigenvalue weighted by molar-refractivity contribution is 5.57. The van der Waals surface area contributed by atoms with Crippen LogP contribution in [0.2, 0.25) is 0 Å². The smallest absolute Gasteiger partial charge is 0.186 e. The predicted octanol–water partition coefficient (Wildman–Crippen LogP) is 12.9. The fraction of sp³-hybridized carbons (Fsp3) is 0.862. The lowest BCUT2D eigenvalue weighted by Crippen LogP contribution is -2.60. The Hall–Kier alpha value is -1.96. The van der Waals surface area contributed by atoms with E-state index in [1.807, 2.05) is 30.3 Å². The number of aliphatic hydroxyl groups is 5. The minimum Gasteiger partial charge on any atom is -0.390 e. The molecule has 400 valence electrons. The van der Waals surface area contributed by atoms with Crippen molar-refractivity contribution in [3.8, 4) is 11.3 Å². The van der Waals surface area contributed by atoms with E-state index in [4.69, 9.17) is 9.47 Å². The standard InChI is InChI=1S/C58H106N4O7/c1-3-5-7-9-11-13-15-17-18-19-20-21-22-23-24-25-26-27-28-30-32-34-36-41-45-59-51(54(64)52(63)44-40-35-33-31-29-16-14-12-10-8-6-4-2)48-68-58-57(67)56(66)55(65)53(69-58)47-62-46-50(60-61-62)49-42-38-37-39-43-49/h37-39,42-43,46,51-59,63-67H,3-36,40-41,44-45,47-48H2,1-2H3/t51-,52+,53+,54-,55-,56-,57+,58+/m0/s1. The maximum Gasteiger partial charge on any atom is 0.186 e. The molecule has 1 fully saturated rings. The molecule has 11 heteroatoms. The summed E-state index contributed by atoms with van der Waals surface area (Å²) in [5.41, 5.74) is 1.56. The fourth-order valence-corrected chi connectivity index (χ4v) is 10.0. The Morgan fingerprint density at radius 2 is 0.971 bits per heavy atom. The lowest BCUT2D eigenvalue weighted by atomic mass is 9.98. The monoisotopic (exact) mass is 971 g/mol. The summed E-state index contributed by atoms with van der Waals surface area (Å²) < 4.78 is 13.7. The van der Waals surface area contributed by atoms with Crippen molar-refractivity contribution in [3.05, 3.63) is 36.5 Å². The van der Waals surface area contributed by atoms with Crippen molar-refractivity contribution in [2.75, 3.05) is 13.2 Å². The molecule has 0 aliphatic carbocycles. The van der Waals surface area contributed by atoms with E-state index in [2.05, 4.69) is 29.5 Å². The summed E-state index contributed by atoms with van der Waals surface area (Å²) in [5, 5.41) is 67.2. The molecule has 0 unspecified atom stereocenters. The first-order valence-electron chi connectivity index (χ1n) is 29.2. The van der Waals surface area contributed by atoms with Gasteiger partial charge in [0, 0.05) is 5.56 Å². The summed E-state index contributed by atoms with van der Waals surface area (Å²) in [5.74, 6) is 0. The predicted molar refractivity (Wildman–Crippen MR) is 284 cm³/mol. The van der Waals surface area contributed by atoms with E-state index < -0.39 is 49.0 Å². The Bertz CT molecular complexity index is 1420. The summed E-state index contributed by atoms with van der Waals surface area (Å²) in [6, 6.07) is 9.01. The fourth-order valence-electron chi connectivity index (χ4n) is 10.0. The normalized spacial score (nSPS) is 19.8. The zero-order valence-corrected chi connectivity index (χ0v) is 44.3. The van der Waals surface area contributed by atoms with Crippen LogP contribution in [0.5, 0.6) is 0 Å². The lowest BCUT2D eigenvalue weighted by Gasteiger charge is -2.41. The van der Waals surface area contributed by atoms with Crippen LogP contribution >= 0.6 is 0 Å². The van der Waals surface area contributed by atoms with Crippen LogP contribution in [0, 0.1) is 0 Å². The SMILES string of the molecule is CCCCCCCCCCCCCCCCCCCCCCCCCCN[C@@H](CO[C@@H]1O[C@H](Cn2cc(-c3ccccc3)nn2)[C@H](O)[C@H](O)[C@H]1O)[C@H](O)[C@H](O)CCCCCCCCCCCCCC. The highest BCUT2D eigenvalue weighted by atomic mass is 16.7. The minimum atomic E-state index is -1.52. The van der Waals surface area contributed by atoms with Gasteiger partial charge in [0.15, 0.2) is 6.29 Å². The molecule has 0 spiro atoms. The highest BCUT2D eigenvalue weighted by Crippen LogP contribution is 2.25. The van der Waals surface area contributed by atoms with Crippen molar-refractivity contribution in [3.63, 3.8) is 0 Å². The van der Waals surface area contributed by atoms with E-state index in [-0.39, 0.29) is 13.2 Å². The van der Waals surface area contributed by atoms with Gasteiger partial charge in [-0.05, 0) is 19.4 Å². The maximum absolute atomic E-state index is 11.5. The Kier molecular flexibility index (Phi) is 36.9. The van der Waals surface area contributed by atoms with Gasteiger partial charge in [-0.3, -0.25) is 0 Å². The molecule has 1 aromatic carbocycles. The topological polar surface area (TPSA) is 162 Å². The van der Waals surface area contributed by atoms with Gasteiger partial charge in [0.05, 0.1) is 37.6 Å². The number of hydrogen-bond acceptors (Lipinski definition) is 10. The zero-order valence-electron chi connectivity index (χ0n) is 44.3. The second kappa shape index (κ2) is 41.5. The first-order valence-corrected chi connectivity index (χ1v) is 29.2. The number of aliphatic hydroxyl groups excluding tert-OH is 5. The molecule has 8 atom stereocenters. The Balaban J connectivity index is 1.32. The van der Waals surface area contributed by atoms with E-state index in [0.717, 1.165) is 37.7 Å². The molecule has 3 rings (SSSR count). The van der Waals surface area contributed by atoms with Crippen LogP contribution in [0.4, 0.5) is 0 Å². The van der Waals surface area contributed by atoms with Crippen molar-refractivity contribution in [1.29, 1.82) is 0 Å². The lowest BCUT2D eigenvalue weighted by molar-refractivity contribution is -0.301. The third kappa shape index (κ3) is 28.8. The van der Waals surface area contributed by atoms with Crippen LogP contribution in [-0.2, 0) is 16.0 Å². The van der Waals surface area contributed by atoms with E-state index in [1.165, 1.54) is 199 Å². The number of nitrogens with one attached hydrogen (secondary N) is 1. The minimum absolute atomic E-state index is 0.0607. The van der Waals surface area contributed by atoms with Gasteiger partial charge in [0.2, 0.25) is 0 Å². The molecule has 0 saturated carbocycles. The van der Waals surface area contributed by atoms with Crippen LogP contribution in [0.15, 0.2) is 36.5 Å². The molecule has 69 heavy (non-hydrogen) atoms. The Morgan fingerprint density at radius 1 is 0.551 bits per heavy atom. The second-order valence-electron chi connectivity index (χ2n) is 21.0. The van der Waals surface area contributed by atoms with E-state index in [9.17, 15) is 25.5 Å². The number of benzene rings is 1. The number of ether oxygens (including phenoxy) is 2. The summed E-state index contributed by atoms with van der Waals surface area (Å²) in [7, 11) is 0. The molecular weight excluding hydrogens is 865 g/mol. The molecule has 1 aliphatic heterocycles. The Morgan fingerprint density at radius 3 is 1.42 bits per heavy atom. The van der Waals surface area contributed by atoms with Gasteiger partial charge in [-0.15, -0.1) is 5.10 Å². The number of aromatic nitrogens is 3. The van der Waals surface area contributed by atoms with Gasteiger partial charge < -0.3 is 40.3 Å². The molecule has 0 amide bonds. The summed E-state index contributed by atoms with van der Waals surface area (Å²) in [6.07, 6.45) is 40.8. The van der Waals surface area contributed by atoms with Gasteiger partial charge in [0.1, 0.15) is 30.1 Å². The summed E-state index contributed by atoms with van der Waals surface area (Å²) in [4.78, 5) is 0. The largest absolute Gasteiger partial charge is 0.390 e. The average Bonchev–Trinajstić information content (AvgIpc) is 3.84. The molecule has 0 bridgehead atoms. The zero-order chi connectivity index (χ0) is 49.4. The molecule has 2 heterocycles. The molecular formula is C58H106N4O7. The molecule has 1 aromatic heterocycles. The van der Waals surface area contributed by atoms with Gasteiger partial charge in [-0.25, -0.2) is 4.68 Å². The van der Waals surface area contributed by atoms with Crippen LogP contribution in [0.25, 0.3) is 11.3 Å². The van der Waals surface area contributed by atoms with Crippen LogP contribution in [0.1, 0.15) is 251 Å². The quantitative estimate of drug-likeness (QED) is 0.0352. The van der Waals surface area contributed by atoms with Crippen molar-refractivity contribution >= 4 is 0 Å². The molecule has 0 radical (unpaired) electrons. The van der Waals surface area contributed by atoms with Gasteiger partial charge in [-0.2, -0.15) is 0 Å². The van der Waals surface area contributed by atoms with Gasteiger partial charge in [-0.1, -0.05) is 274 Å². The van der Waals surface area contributed by atoms with Gasteiger partial charge >= 0.3 is 0 Å². The summed E-state index contributed by atoms with van der Waals surface area (Å²) >= 11 is 0. The van der Waals surface area contributed by atoms with Crippen molar-refractivity contribution in [2.24, 2.45) is 0 Å². The third-order valence-electron chi connectivity index (χ3n) is 14.7. The van der Waals surface area contributed by atoms with Crippen molar-refractivity contribution in [2.45, 2.75) is 307 Å². The number of unbranched alkanes of at least 4 members (excludes halogenated alkanes) is 34. The summed E-state index contributed by atoms with van der Waals surface area (Å²) in [6.45, 7) is 5.22. The molecule has 1 saturated heterocycles. The van der Waals surface area contributed by atoms with Crippen molar-refractivity contribution < 1.29 is 35.0 Å². The highest BCUT2D eigenvalue weighted by Gasteiger charge is 2.45. The van der Waals surface area contributed by atoms with Crippen LogP contribution in [-0.4, -0.2) is 103 Å². The first-order chi connectivity index (χ1) is 33.8. The molecule has 11 nitrogen and oxygen atoms in total. The van der Waals surface area contributed by atoms with E-state index in [0.29, 0.717) is 18.7 Å². The second-order valence-corrected chi connectivity index (χ2v) is 21.0. The molecule has 1 aliphatic rings. The van der Waals surface area contributed by atoms with Gasteiger partial charge in [0.25, 0.3) is 0 Å². The Labute approximate surface area is 421 Å². The van der Waals surface area contributed by atoms with E-state index >= 15 is 0 Å².